The lowest BCUT2D eigenvalue weighted by Gasteiger charge is -2.31. The zero-order valence-electron chi connectivity index (χ0n) is 16.4. The molecule has 2 aliphatic rings. The van der Waals surface area contributed by atoms with E-state index >= 15 is 0 Å². The predicted molar refractivity (Wildman–Crippen MR) is 114 cm³/mol. The molecule has 2 aromatic carbocycles. The number of Topliss-reactive ketones (excluding diaryl/α,β-unsaturated/α-hetero) is 1. The number of anilines is 1. The van der Waals surface area contributed by atoms with Gasteiger partial charge >= 0.3 is 0 Å². The van der Waals surface area contributed by atoms with Crippen molar-refractivity contribution in [2.24, 2.45) is 0 Å². The fraction of sp³-hybridized carbons (Fsp3) is 0.250. The molecule has 1 aliphatic carbocycles. The number of aryl methyl sites for hydroxylation is 1. The Kier molecular flexibility index (Phi) is 4.23. The summed E-state index contributed by atoms with van der Waals surface area (Å²) in [6, 6.07) is 17.8. The Labute approximate surface area is 169 Å². The lowest BCUT2D eigenvalue weighted by Crippen LogP contribution is -2.29. The lowest BCUT2D eigenvalue weighted by atomic mass is 9.76. The topological polar surface area (TPSA) is 66.9 Å². The molecule has 2 N–H and O–H groups in total. The minimum absolute atomic E-state index is 0.117. The van der Waals surface area contributed by atoms with Crippen LogP contribution in [0.15, 0.2) is 70.7 Å². The van der Waals surface area contributed by atoms with Crippen LogP contribution in [0.1, 0.15) is 48.8 Å². The van der Waals surface area contributed by atoms with E-state index in [9.17, 15) is 9.59 Å². The van der Waals surface area contributed by atoms with Crippen molar-refractivity contribution in [3.8, 4) is 5.69 Å². The number of carbonyl (C=O) groups excluding carboxylic acids is 1. The molecule has 0 fully saturated rings. The Hall–Kier alpha value is -3.34. The summed E-state index contributed by atoms with van der Waals surface area (Å²) in [6.45, 7) is 2.12. The van der Waals surface area contributed by atoms with Gasteiger partial charge in [0.2, 0.25) is 0 Å². The van der Waals surface area contributed by atoms with Gasteiger partial charge in [-0.3, -0.25) is 14.7 Å². The van der Waals surface area contributed by atoms with Crippen LogP contribution in [-0.2, 0) is 11.2 Å². The van der Waals surface area contributed by atoms with Crippen molar-refractivity contribution in [2.75, 3.05) is 5.32 Å². The molecule has 5 heteroatoms. The van der Waals surface area contributed by atoms with E-state index in [1.165, 1.54) is 5.56 Å². The number of fused-ring (bicyclic) bond motifs is 1. The number of para-hydroxylation sites is 1. The molecule has 1 atom stereocenters. The summed E-state index contributed by atoms with van der Waals surface area (Å²) in [5, 5.41) is 6.60. The largest absolute Gasteiger partial charge is 0.343 e. The van der Waals surface area contributed by atoms with Gasteiger partial charge in [-0.2, -0.15) is 0 Å². The van der Waals surface area contributed by atoms with Gasteiger partial charge in [0.05, 0.1) is 11.3 Å². The van der Waals surface area contributed by atoms with E-state index in [-0.39, 0.29) is 17.3 Å². The second-order valence-electron chi connectivity index (χ2n) is 7.70. The number of aromatic nitrogens is 2. The maximum absolute atomic E-state index is 13.5. The average Bonchev–Trinajstić information content (AvgIpc) is 3.09. The summed E-state index contributed by atoms with van der Waals surface area (Å²) in [5.41, 5.74) is 5.20. The molecule has 0 saturated carbocycles. The first-order valence-electron chi connectivity index (χ1n) is 10.2. The summed E-state index contributed by atoms with van der Waals surface area (Å²) < 4.78 is 1.56. The molecule has 0 spiro atoms. The maximum atomic E-state index is 13.5. The molecular weight excluding hydrogens is 362 g/mol. The third kappa shape index (κ3) is 2.85. The molecule has 29 heavy (non-hydrogen) atoms. The Balaban J connectivity index is 1.72. The van der Waals surface area contributed by atoms with Gasteiger partial charge in [0.25, 0.3) is 5.56 Å². The normalized spacial score (nSPS) is 18.2. The zero-order valence-corrected chi connectivity index (χ0v) is 16.4. The van der Waals surface area contributed by atoms with Crippen LogP contribution in [0.25, 0.3) is 5.69 Å². The van der Waals surface area contributed by atoms with Crippen LogP contribution < -0.4 is 10.9 Å². The molecule has 0 amide bonds. The Morgan fingerprint density at radius 1 is 1.00 bits per heavy atom. The van der Waals surface area contributed by atoms with E-state index in [1.54, 1.807) is 4.68 Å². The van der Waals surface area contributed by atoms with Crippen molar-refractivity contribution < 1.29 is 4.79 Å². The number of carbonyl (C=O) groups is 1. The number of benzene rings is 2. The molecule has 0 unspecified atom stereocenters. The quantitative estimate of drug-likeness (QED) is 0.707. The third-order valence-electron chi connectivity index (χ3n) is 5.97. The van der Waals surface area contributed by atoms with E-state index in [4.69, 9.17) is 0 Å². The van der Waals surface area contributed by atoms with Gasteiger partial charge in [-0.05, 0) is 42.5 Å². The number of hydrogen-bond donors (Lipinski definition) is 2. The number of nitrogens with one attached hydrogen (secondary N) is 2. The summed E-state index contributed by atoms with van der Waals surface area (Å²) in [4.78, 5) is 26.4. The fourth-order valence-corrected chi connectivity index (χ4v) is 4.47. The van der Waals surface area contributed by atoms with E-state index < -0.39 is 0 Å². The van der Waals surface area contributed by atoms with Gasteiger partial charge in [0.1, 0.15) is 5.82 Å². The van der Waals surface area contributed by atoms with Gasteiger partial charge in [-0.15, -0.1) is 0 Å². The highest BCUT2D eigenvalue weighted by atomic mass is 16.1. The zero-order chi connectivity index (χ0) is 20.0. The molecule has 0 bridgehead atoms. The Morgan fingerprint density at radius 2 is 1.76 bits per heavy atom. The van der Waals surface area contributed by atoms with Gasteiger partial charge < -0.3 is 5.32 Å². The summed E-state index contributed by atoms with van der Waals surface area (Å²) >= 11 is 0. The van der Waals surface area contributed by atoms with E-state index in [1.807, 2.05) is 30.3 Å². The van der Waals surface area contributed by atoms with Crippen LogP contribution in [0.4, 0.5) is 5.82 Å². The predicted octanol–water partition coefficient (Wildman–Crippen LogP) is 4.29. The number of allylic oxidation sites excluding steroid dienone is 2. The van der Waals surface area contributed by atoms with E-state index in [2.05, 4.69) is 41.6 Å². The van der Waals surface area contributed by atoms with Gasteiger partial charge in [0.15, 0.2) is 5.78 Å². The minimum atomic E-state index is -0.339. The molecule has 1 aliphatic heterocycles. The summed E-state index contributed by atoms with van der Waals surface area (Å²) in [6.07, 6.45) is 3.15. The molecule has 1 aromatic heterocycles. The molecule has 3 aromatic rings. The highest BCUT2D eigenvalue weighted by molar-refractivity contribution is 6.00. The van der Waals surface area contributed by atoms with Gasteiger partial charge in [-0.25, -0.2) is 4.68 Å². The highest BCUT2D eigenvalue weighted by Gasteiger charge is 2.38. The first-order valence-corrected chi connectivity index (χ1v) is 10.2. The second-order valence-corrected chi connectivity index (χ2v) is 7.70. The van der Waals surface area contributed by atoms with Crippen molar-refractivity contribution in [1.29, 1.82) is 0 Å². The van der Waals surface area contributed by atoms with Crippen molar-refractivity contribution in [2.45, 2.75) is 38.5 Å². The lowest BCUT2D eigenvalue weighted by molar-refractivity contribution is -0.116. The van der Waals surface area contributed by atoms with Crippen molar-refractivity contribution >= 4 is 11.6 Å². The molecule has 0 saturated heterocycles. The summed E-state index contributed by atoms with van der Waals surface area (Å²) in [5.74, 6) is 0.492. The van der Waals surface area contributed by atoms with Gasteiger partial charge in [-0.1, -0.05) is 49.4 Å². The Bertz CT molecular complexity index is 1170. The molecule has 146 valence electrons. The van der Waals surface area contributed by atoms with Gasteiger partial charge in [0, 0.05) is 23.6 Å². The molecular formula is C24H23N3O2. The highest BCUT2D eigenvalue weighted by Crippen LogP contribution is 2.43. The van der Waals surface area contributed by atoms with E-state index in [0.29, 0.717) is 17.8 Å². The van der Waals surface area contributed by atoms with Crippen LogP contribution in [-0.4, -0.2) is 15.6 Å². The van der Waals surface area contributed by atoms with Crippen LogP contribution in [0, 0.1) is 0 Å². The minimum Gasteiger partial charge on any atom is -0.343 e. The van der Waals surface area contributed by atoms with Crippen molar-refractivity contribution in [3.63, 3.8) is 0 Å². The monoisotopic (exact) mass is 385 g/mol. The van der Waals surface area contributed by atoms with Crippen LogP contribution in [0.2, 0.25) is 0 Å². The maximum Gasteiger partial charge on any atom is 0.277 e. The number of H-pyrrole nitrogens is 1. The van der Waals surface area contributed by atoms with Crippen LogP contribution in [0.5, 0.6) is 0 Å². The first kappa shape index (κ1) is 17.7. The van der Waals surface area contributed by atoms with E-state index in [0.717, 1.165) is 41.8 Å². The van der Waals surface area contributed by atoms with Crippen molar-refractivity contribution in [1.82, 2.24) is 9.78 Å². The van der Waals surface area contributed by atoms with Crippen molar-refractivity contribution in [3.05, 3.63) is 92.9 Å². The molecule has 2 heterocycles. The molecule has 5 rings (SSSR count). The molecule has 0 radical (unpaired) electrons. The fourth-order valence-electron chi connectivity index (χ4n) is 4.47. The SMILES string of the molecule is CCc1ccc([C@@H]2C3=C(CCCC3=O)Nc3[nH]n(-c4ccccc4)c(=O)c32)cc1. The van der Waals surface area contributed by atoms with Crippen LogP contribution in [0.3, 0.4) is 0 Å². The number of hydrogen-bond acceptors (Lipinski definition) is 3. The average molecular weight is 385 g/mol. The third-order valence-corrected chi connectivity index (χ3v) is 5.97. The number of nitrogens with zero attached hydrogens (tertiary/aromatic N) is 1. The van der Waals surface area contributed by atoms with Crippen LogP contribution >= 0.6 is 0 Å². The second kappa shape index (κ2) is 6.92. The molecule has 5 nitrogen and oxygen atoms in total. The standard InChI is InChI=1S/C24H23N3O2/c1-2-15-11-13-16(14-12-15)20-21-18(9-6-10-19(21)28)25-23-22(20)24(29)27(26-23)17-7-4-3-5-8-17/h3-5,7-8,11-14,20,25-26H,2,6,9-10H2,1H3/t20-/m1/s1. The number of aromatic amines is 1. The number of rotatable bonds is 3. The summed E-state index contributed by atoms with van der Waals surface area (Å²) in [7, 11) is 0. The smallest absolute Gasteiger partial charge is 0.277 e. The Morgan fingerprint density at radius 3 is 2.48 bits per heavy atom. The first-order chi connectivity index (χ1) is 14.2. The number of ketones is 1.